The number of hydrogen-bond donors (Lipinski definition) is 1. The lowest BCUT2D eigenvalue weighted by Gasteiger charge is -2.32. The first kappa shape index (κ1) is 18.3. The molecule has 7 heteroatoms. The Labute approximate surface area is 144 Å². The third kappa shape index (κ3) is 2.92. The molecule has 0 spiro atoms. The van der Waals surface area contributed by atoms with E-state index in [0.717, 1.165) is 22.9 Å². The highest BCUT2D eigenvalue weighted by Crippen LogP contribution is 2.50. The summed E-state index contributed by atoms with van der Waals surface area (Å²) >= 11 is 0. The topological polar surface area (TPSA) is 20.2 Å². The van der Waals surface area contributed by atoms with Crippen LogP contribution >= 0.6 is 0 Å². The van der Waals surface area contributed by atoms with Gasteiger partial charge in [0, 0.05) is 5.56 Å². The molecule has 0 saturated carbocycles. The van der Waals surface area contributed by atoms with Crippen LogP contribution in [0.5, 0.6) is 0 Å². The fraction of sp³-hybridized carbons (Fsp3) is 0.158. The average molecular weight is 370 g/mol. The minimum atomic E-state index is -5.89. The second-order valence-electron chi connectivity index (χ2n) is 5.85. The Bertz CT molecular complexity index is 911. The van der Waals surface area contributed by atoms with Gasteiger partial charge >= 0.3 is 12.4 Å². The standard InChI is InChI=1S/C19H12F6O/c20-18(21,22)17(26,19(23,24)25)16-9-7-13(8-10-16)15-6-5-12-3-1-2-4-14(12)11-15/h1-11,26H. The fourth-order valence-corrected chi connectivity index (χ4v) is 2.76. The number of hydrogen-bond acceptors (Lipinski definition) is 1. The molecule has 0 aliphatic carbocycles. The van der Waals surface area contributed by atoms with Gasteiger partial charge in [-0.15, -0.1) is 0 Å². The second kappa shape index (κ2) is 6.02. The highest BCUT2D eigenvalue weighted by atomic mass is 19.4. The van der Waals surface area contributed by atoms with Crippen molar-refractivity contribution < 1.29 is 31.4 Å². The summed E-state index contributed by atoms with van der Waals surface area (Å²) in [4.78, 5) is 0. The Kier molecular flexibility index (Phi) is 4.23. The van der Waals surface area contributed by atoms with Crippen LogP contribution in [-0.4, -0.2) is 17.5 Å². The van der Waals surface area contributed by atoms with E-state index < -0.39 is 23.5 Å². The minimum absolute atomic E-state index is 0.436. The molecule has 0 aliphatic heterocycles. The van der Waals surface area contributed by atoms with E-state index >= 15 is 0 Å². The number of fused-ring (bicyclic) bond motifs is 1. The van der Waals surface area contributed by atoms with Gasteiger partial charge in [-0.1, -0.05) is 60.7 Å². The van der Waals surface area contributed by atoms with Gasteiger partial charge in [0.15, 0.2) is 0 Å². The van der Waals surface area contributed by atoms with Crippen LogP contribution in [0.2, 0.25) is 0 Å². The van der Waals surface area contributed by atoms with Crippen LogP contribution < -0.4 is 0 Å². The predicted molar refractivity (Wildman–Crippen MR) is 85.4 cm³/mol. The van der Waals surface area contributed by atoms with Crippen molar-refractivity contribution in [2.24, 2.45) is 0 Å². The summed E-state index contributed by atoms with van der Waals surface area (Å²) < 4.78 is 77.5. The van der Waals surface area contributed by atoms with Crippen molar-refractivity contribution in [1.82, 2.24) is 0 Å². The number of alkyl halides is 6. The molecule has 0 unspecified atom stereocenters. The van der Waals surface area contributed by atoms with Crippen molar-refractivity contribution in [2.75, 3.05) is 0 Å². The molecular weight excluding hydrogens is 358 g/mol. The lowest BCUT2D eigenvalue weighted by atomic mass is 9.90. The van der Waals surface area contributed by atoms with Gasteiger partial charge < -0.3 is 5.11 Å². The largest absolute Gasteiger partial charge is 0.430 e. The molecule has 26 heavy (non-hydrogen) atoms. The Morgan fingerprint density at radius 3 is 1.62 bits per heavy atom. The van der Waals surface area contributed by atoms with Crippen molar-refractivity contribution >= 4 is 10.8 Å². The molecule has 0 fully saturated rings. The van der Waals surface area contributed by atoms with Crippen molar-refractivity contribution in [3.8, 4) is 11.1 Å². The quantitative estimate of drug-likeness (QED) is 0.564. The second-order valence-corrected chi connectivity index (χ2v) is 5.85. The normalized spacial score (nSPS) is 13.2. The maximum atomic E-state index is 12.9. The Hall–Kier alpha value is -2.54. The average Bonchev–Trinajstić information content (AvgIpc) is 2.59. The summed E-state index contributed by atoms with van der Waals surface area (Å²) in [5.41, 5.74) is -5.12. The third-order valence-corrected chi connectivity index (χ3v) is 4.21. The van der Waals surface area contributed by atoms with E-state index in [1.54, 1.807) is 18.2 Å². The van der Waals surface area contributed by atoms with Crippen LogP contribution in [0.1, 0.15) is 5.56 Å². The molecule has 0 aromatic heterocycles. The molecule has 1 nitrogen and oxygen atoms in total. The summed E-state index contributed by atoms with van der Waals surface area (Å²) in [7, 11) is 0. The maximum Gasteiger partial charge on any atom is 0.430 e. The molecule has 0 saturated heterocycles. The van der Waals surface area contributed by atoms with Crippen molar-refractivity contribution in [3.63, 3.8) is 0 Å². The van der Waals surface area contributed by atoms with Gasteiger partial charge in [-0.3, -0.25) is 0 Å². The molecule has 0 aliphatic rings. The van der Waals surface area contributed by atoms with Crippen molar-refractivity contribution in [2.45, 2.75) is 18.0 Å². The molecule has 0 bridgehead atoms. The van der Waals surface area contributed by atoms with Gasteiger partial charge in [0.2, 0.25) is 0 Å². The Morgan fingerprint density at radius 1 is 0.577 bits per heavy atom. The lowest BCUT2D eigenvalue weighted by Crippen LogP contribution is -2.53. The first-order valence-corrected chi connectivity index (χ1v) is 7.49. The lowest BCUT2D eigenvalue weighted by molar-refractivity contribution is -0.376. The predicted octanol–water partition coefficient (Wildman–Crippen LogP) is 5.82. The summed E-state index contributed by atoms with van der Waals surface area (Å²) in [5.74, 6) is 0. The Morgan fingerprint density at radius 2 is 1.08 bits per heavy atom. The van der Waals surface area contributed by atoms with Crippen LogP contribution in [0.15, 0.2) is 66.7 Å². The molecular formula is C19H12F6O. The molecule has 0 heterocycles. The number of benzene rings is 3. The highest BCUT2D eigenvalue weighted by molar-refractivity contribution is 5.87. The van der Waals surface area contributed by atoms with E-state index in [2.05, 4.69) is 0 Å². The molecule has 0 amide bonds. The monoisotopic (exact) mass is 370 g/mol. The van der Waals surface area contributed by atoms with Crippen LogP contribution in [0.25, 0.3) is 21.9 Å². The fourth-order valence-electron chi connectivity index (χ4n) is 2.76. The minimum Gasteiger partial charge on any atom is -0.369 e. The smallest absolute Gasteiger partial charge is 0.369 e. The molecule has 1 N–H and O–H groups in total. The zero-order chi connectivity index (χ0) is 19.2. The maximum absolute atomic E-state index is 12.9. The molecule has 3 aromatic carbocycles. The number of rotatable bonds is 2. The zero-order valence-corrected chi connectivity index (χ0v) is 13.1. The van der Waals surface area contributed by atoms with Crippen LogP contribution in [0.3, 0.4) is 0 Å². The van der Waals surface area contributed by atoms with Crippen LogP contribution in [0, 0.1) is 0 Å². The molecule has 0 radical (unpaired) electrons. The summed E-state index contributed by atoms with van der Waals surface area (Å²) in [5, 5.41) is 11.2. The van der Waals surface area contributed by atoms with Gasteiger partial charge in [-0.25, -0.2) is 0 Å². The summed E-state index contributed by atoms with van der Waals surface area (Å²) in [6, 6.07) is 16.3. The molecule has 3 aromatic rings. The molecule has 0 atom stereocenters. The van der Waals surface area contributed by atoms with E-state index in [9.17, 15) is 31.4 Å². The van der Waals surface area contributed by atoms with Gasteiger partial charge in [-0.2, -0.15) is 26.3 Å². The molecule has 136 valence electrons. The van der Waals surface area contributed by atoms with Gasteiger partial charge in [0.25, 0.3) is 5.60 Å². The van der Waals surface area contributed by atoms with E-state index in [1.165, 1.54) is 0 Å². The van der Waals surface area contributed by atoms with Crippen LogP contribution in [-0.2, 0) is 5.60 Å². The SMILES string of the molecule is OC(c1ccc(-c2ccc3ccccc3c2)cc1)(C(F)(F)F)C(F)(F)F. The number of aliphatic hydroxyl groups is 1. The summed E-state index contributed by atoms with van der Waals surface area (Å²) in [6.07, 6.45) is -11.8. The van der Waals surface area contributed by atoms with Gasteiger partial charge in [0.1, 0.15) is 0 Å². The van der Waals surface area contributed by atoms with Gasteiger partial charge in [-0.05, 0) is 28.0 Å². The van der Waals surface area contributed by atoms with E-state index in [0.29, 0.717) is 23.3 Å². The summed E-state index contributed by atoms with van der Waals surface area (Å²) in [6.45, 7) is 0. The molecule has 3 rings (SSSR count). The third-order valence-electron chi connectivity index (χ3n) is 4.21. The van der Waals surface area contributed by atoms with Crippen molar-refractivity contribution in [1.29, 1.82) is 0 Å². The van der Waals surface area contributed by atoms with E-state index in [-0.39, 0.29) is 0 Å². The first-order chi connectivity index (χ1) is 12.0. The van der Waals surface area contributed by atoms with E-state index in [4.69, 9.17) is 0 Å². The van der Waals surface area contributed by atoms with Gasteiger partial charge in [0.05, 0.1) is 0 Å². The highest BCUT2D eigenvalue weighted by Gasteiger charge is 2.71. The first-order valence-electron chi connectivity index (χ1n) is 7.49. The van der Waals surface area contributed by atoms with Crippen molar-refractivity contribution in [3.05, 3.63) is 72.3 Å². The zero-order valence-electron chi connectivity index (χ0n) is 13.1. The van der Waals surface area contributed by atoms with Crippen LogP contribution in [0.4, 0.5) is 26.3 Å². The number of halogens is 6. The Balaban J connectivity index is 2.04. The van der Waals surface area contributed by atoms with E-state index in [1.807, 2.05) is 24.3 Å².